The highest BCUT2D eigenvalue weighted by atomic mass is 32.1. The van der Waals surface area contributed by atoms with Crippen molar-refractivity contribution in [1.29, 1.82) is 0 Å². The number of nitrogens with zero attached hydrogens (tertiary/aromatic N) is 2. The molecule has 0 unspecified atom stereocenters. The average Bonchev–Trinajstić information content (AvgIpc) is 3.04. The lowest BCUT2D eigenvalue weighted by Gasteiger charge is -2.17. The van der Waals surface area contributed by atoms with Gasteiger partial charge in [0.25, 0.3) is 0 Å². The van der Waals surface area contributed by atoms with Crippen LogP contribution in [0.15, 0.2) is 59.6 Å². The van der Waals surface area contributed by atoms with Crippen molar-refractivity contribution < 1.29 is 0 Å². The molecule has 0 atom stereocenters. The fourth-order valence-electron chi connectivity index (χ4n) is 2.47. The number of hydrogen-bond acceptors (Lipinski definition) is 2. The molecular formula is C18H20N4S. The highest BCUT2D eigenvalue weighted by Crippen LogP contribution is 2.15. The summed E-state index contributed by atoms with van der Waals surface area (Å²) in [5.41, 5.74) is 6.71. The van der Waals surface area contributed by atoms with Crippen LogP contribution in [0, 0.1) is 0 Å². The van der Waals surface area contributed by atoms with Crippen molar-refractivity contribution in [3.05, 3.63) is 60.2 Å². The Hall–Kier alpha value is -2.40. The highest BCUT2D eigenvalue weighted by molar-refractivity contribution is 7.80. The Bertz CT molecular complexity index is 695. The van der Waals surface area contributed by atoms with E-state index >= 15 is 0 Å². The van der Waals surface area contributed by atoms with E-state index in [1.807, 2.05) is 30.3 Å². The van der Waals surface area contributed by atoms with Gasteiger partial charge in [-0.05, 0) is 48.5 Å². The van der Waals surface area contributed by atoms with E-state index in [1.54, 1.807) is 0 Å². The largest absolute Gasteiger partial charge is 0.331 e. The number of thiocarbonyl (C=S) groups is 1. The number of aliphatic imine (C=N–C) groups is 1. The summed E-state index contributed by atoms with van der Waals surface area (Å²) in [4.78, 5) is 4.47. The topological polar surface area (TPSA) is 39.7 Å². The van der Waals surface area contributed by atoms with Crippen LogP contribution >= 0.6 is 12.2 Å². The van der Waals surface area contributed by atoms with Crippen LogP contribution in [0.1, 0.15) is 18.9 Å². The van der Waals surface area contributed by atoms with Crippen LogP contribution in [0.4, 0.5) is 11.4 Å². The molecule has 5 heteroatoms. The Balaban J connectivity index is 1.59. The summed E-state index contributed by atoms with van der Waals surface area (Å²) in [6, 6.07) is 18.5. The zero-order valence-electron chi connectivity index (χ0n) is 13.1. The molecule has 0 aromatic heterocycles. The SMILES string of the molecule is CCc1ccc(NC(=S)/N=C2/CCN(c3ccccc3)N2)cc1. The maximum Gasteiger partial charge on any atom is 0.198 e. The predicted molar refractivity (Wildman–Crippen MR) is 101 cm³/mol. The zero-order chi connectivity index (χ0) is 16.1. The Morgan fingerprint density at radius 2 is 1.91 bits per heavy atom. The minimum atomic E-state index is 0.478. The number of nitrogens with one attached hydrogen (secondary N) is 2. The van der Waals surface area contributed by atoms with Crippen LogP contribution in [0.3, 0.4) is 0 Å². The molecule has 1 heterocycles. The minimum Gasteiger partial charge on any atom is -0.331 e. The van der Waals surface area contributed by atoms with Crippen molar-refractivity contribution in [2.24, 2.45) is 4.99 Å². The Morgan fingerprint density at radius 3 is 2.61 bits per heavy atom. The van der Waals surface area contributed by atoms with Crippen molar-refractivity contribution in [2.45, 2.75) is 19.8 Å². The Kier molecular flexibility index (Phi) is 4.88. The lowest BCUT2D eigenvalue weighted by Crippen LogP contribution is -2.33. The number of hydrogen-bond donors (Lipinski definition) is 2. The molecule has 0 saturated carbocycles. The van der Waals surface area contributed by atoms with Crippen LogP contribution in [-0.2, 0) is 6.42 Å². The molecule has 0 aliphatic carbocycles. The number of amidine groups is 1. The lowest BCUT2D eigenvalue weighted by molar-refractivity contribution is 0.858. The Labute approximate surface area is 142 Å². The van der Waals surface area contributed by atoms with E-state index in [2.05, 4.69) is 51.9 Å². The predicted octanol–water partition coefficient (Wildman–Crippen LogP) is 3.76. The van der Waals surface area contributed by atoms with Gasteiger partial charge in [-0.25, -0.2) is 4.99 Å². The van der Waals surface area contributed by atoms with Gasteiger partial charge >= 0.3 is 0 Å². The van der Waals surface area contributed by atoms with Crippen LogP contribution in [0.5, 0.6) is 0 Å². The molecule has 2 aromatic carbocycles. The molecule has 0 spiro atoms. The molecular weight excluding hydrogens is 304 g/mol. The monoisotopic (exact) mass is 324 g/mol. The fraction of sp³-hybridized carbons (Fsp3) is 0.222. The zero-order valence-corrected chi connectivity index (χ0v) is 13.9. The van der Waals surface area contributed by atoms with Crippen molar-refractivity contribution in [1.82, 2.24) is 5.43 Å². The molecule has 3 rings (SSSR count). The number of anilines is 2. The van der Waals surface area contributed by atoms with E-state index in [0.717, 1.165) is 36.6 Å². The van der Waals surface area contributed by atoms with Crippen LogP contribution in [-0.4, -0.2) is 17.5 Å². The third kappa shape index (κ3) is 4.07. The van der Waals surface area contributed by atoms with Gasteiger partial charge in [-0.1, -0.05) is 37.3 Å². The second kappa shape index (κ2) is 7.24. The maximum atomic E-state index is 5.33. The number of para-hydroxylation sites is 1. The molecule has 0 radical (unpaired) electrons. The van der Waals surface area contributed by atoms with Gasteiger partial charge in [0, 0.05) is 18.7 Å². The van der Waals surface area contributed by atoms with Gasteiger partial charge in [-0.3, -0.25) is 10.4 Å². The molecule has 1 aliphatic heterocycles. The van der Waals surface area contributed by atoms with E-state index in [-0.39, 0.29) is 0 Å². The van der Waals surface area contributed by atoms with Gasteiger partial charge in [0.15, 0.2) is 5.11 Å². The Morgan fingerprint density at radius 1 is 1.17 bits per heavy atom. The number of rotatable bonds is 3. The molecule has 118 valence electrons. The maximum absolute atomic E-state index is 5.33. The average molecular weight is 324 g/mol. The highest BCUT2D eigenvalue weighted by Gasteiger charge is 2.17. The van der Waals surface area contributed by atoms with Crippen LogP contribution < -0.4 is 15.8 Å². The summed E-state index contributed by atoms with van der Waals surface area (Å²) < 4.78 is 0. The summed E-state index contributed by atoms with van der Waals surface area (Å²) in [6.45, 7) is 3.03. The van der Waals surface area contributed by atoms with Gasteiger partial charge in [-0.2, -0.15) is 0 Å². The van der Waals surface area contributed by atoms with E-state index in [4.69, 9.17) is 12.2 Å². The van der Waals surface area contributed by atoms with Gasteiger partial charge in [0.2, 0.25) is 0 Å². The van der Waals surface area contributed by atoms with Crippen molar-refractivity contribution in [3.8, 4) is 0 Å². The number of aryl methyl sites for hydroxylation is 1. The third-order valence-corrected chi connectivity index (χ3v) is 3.95. The summed E-state index contributed by atoms with van der Waals surface area (Å²) in [5.74, 6) is 0.886. The summed E-state index contributed by atoms with van der Waals surface area (Å²) in [7, 11) is 0. The summed E-state index contributed by atoms with van der Waals surface area (Å²) in [5, 5.41) is 5.72. The van der Waals surface area contributed by atoms with E-state index < -0.39 is 0 Å². The molecule has 4 nitrogen and oxygen atoms in total. The second-order valence-electron chi connectivity index (χ2n) is 5.39. The van der Waals surface area contributed by atoms with Gasteiger partial charge in [-0.15, -0.1) is 0 Å². The minimum absolute atomic E-state index is 0.478. The van der Waals surface area contributed by atoms with E-state index in [1.165, 1.54) is 5.56 Å². The van der Waals surface area contributed by atoms with E-state index in [9.17, 15) is 0 Å². The molecule has 0 bridgehead atoms. The van der Waals surface area contributed by atoms with Crippen LogP contribution in [0.25, 0.3) is 0 Å². The first-order valence-corrected chi connectivity index (χ1v) is 8.22. The number of benzene rings is 2. The second-order valence-corrected chi connectivity index (χ2v) is 5.77. The standard InChI is InChI=1S/C18H20N4S/c1-2-14-8-10-15(11-9-14)19-18(23)20-17-12-13-22(21-17)16-6-4-3-5-7-16/h3-11H,2,12-13H2,1H3,(H2,19,20,21,23). The first-order valence-electron chi connectivity index (χ1n) is 7.81. The summed E-state index contributed by atoms with van der Waals surface area (Å²) in [6.07, 6.45) is 1.89. The van der Waals surface area contributed by atoms with Gasteiger partial charge in [0.05, 0.1) is 5.69 Å². The summed E-state index contributed by atoms with van der Waals surface area (Å²) >= 11 is 5.33. The first kappa shape index (κ1) is 15.5. The third-order valence-electron chi connectivity index (χ3n) is 3.75. The number of hydrazine groups is 1. The fourth-order valence-corrected chi connectivity index (χ4v) is 2.69. The first-order chi connectivity index (χ1) is 11.2. The lowest BCUT2D eigenvalue weighted by atomic mass is 10.1. The van der Waals surface area contributed by atoms with Gasteiger partial charge < -0.3 is 5.32 Å². The molecule has 1 saturated heterocycles. The smallest absolute Gasteiger partial charge is 0.198 e. The molecule has 23 heavy (non-hydrogen) atoms. The van der Waals surface area contributed by atoms with Crippen molar-refractivity contribution in [3.63, 3.8) is 0 Å². The normalized spacial score (nSPS) is 15.5. The van der Waals surface area contributed by atoms with Crippen molar-refractivity contribution >= 4 is 34.5 Å². The molecule has 1 fully saturated rings. The van der Waals surface area contributed by atoms with Crippen molar-refractivity contribution in [2.75, 3.05) is 16.9 Å². The quantitative estimate of drug-likeness (QED) is 0.843. The van der Waals surface area contributed by atoms with Gasteiger partial charge in [0.1, 0.15) is 5.84 Å². The molecule has 0 amide bonds. The molecule has 2 N–H and O–H groups in total. The van der Waals surface area contributed by atoms with E-state index in [0.29, 0.717) is 5.11 Å². The molecule has 2 aromatic rings. The van der Waals surface area contributed by atoms with Crippen LogP contribution in [0.2, 0.25) is 0 Å². The molecule has 1 aliphatic rings.